The lowest BCUT2D eigenvalue weighted by atomic mass is 9.70. The lowest BCUT2D eigenvalue weighted by Crippen LogP contribution is -2.22. The molecule has 2 rings (SSSR count). The number of hydrogen-bond donors (Lipinski definition) is 0. The SMILES string of the molecule is Cc1cc(C(C)(C)C)c(-c2ccc(C(C)(C)C)[c]c2C(C)(C)C)c(C(C)(C)C)c1. The van der Waals surface area contributed by atoms with Gasteiger partial charge in [-0.1, -0.05) is 113 Å². The van der Waals surface area contributed by atoms with Crippen LogP contribution in [0.25, 0.3) is 11.1 Å². The summed E-state index contributed by atoms with van der Waals surface area (Å²) in [5.74, 6) is 0. The molecule has 2 aromatic rings. The van der Waals surface area contributed by atoms with E-state index in [1.165, 1.54) is 38.9 Å². The van der Waals surface area contributed by atoms with Crippen molar-refractivity contribution in [2.24, 2.45) is 0 Å². The van der Waals surface area contributed by atoms with E-state index in [1.54, 1.807) is 0 Å². The lowest BCUT2D eigenvalue weighted by Gasteiger charge is -2.34. The minimum absolute atomic E-state index is 0.0196. The molecule has 0 saturated carbocycles. The molecule has 0 heterocycles. The number of rotatable bonds is 1. The Labute approximate surface area is 181 Å². The average Bonchev–Trinajstić information content (AvgIpc) is 2.50. The van der Waals surface area contributed by atoms with Gasteiger partial charge in [0.2, 0.25) is 0 Å². The Morgan fingerprint density at radius 1 is 0.586 bits per heavy atom. The van der Waals surface area contributed by atoms with Crippen molar-refractivity contribution in [1.82, 2.24) is 0 Å². The Bertz CT molecular complexity index is 847. The molecular formula is C29H43. The third kappa shape index (κ3) is 5.14. The highest BCUT2D eigenvalue weighted by Crippen LogP contribution is 2.45. The normalized spacial score (nSPS) is 13.7. The zero-order valence-electron chi connectivity index (χ0n) is 21.3. The number of aryl methyl sites for hydroxylation is 1. The van der Waals surface area contributed by atoms with Crippen LogP contribution >= 0.6 is 0 Å². The van der Waals surface area contributed by atoms with Crippen molar-refractivity contribution < 1.29 is 0 Å². The maximum absolute atomic E-state index is 3.86. The summed E-state index contributed by atoms with van der Waals surface area (Å²) in [6.45, 7) is 30.0. The van der Waals surface area contributed by atoms with Gasteiger partial charge >= 0.3 is 0 Å². The van der Waals surface area contributed by atoms with E-state index in [-0.39, 0.29) is 21.7 Å². The smallest absolute Gasteiger partial charge is 0.00967 e. The second-order valence-corrected chi connectivity index (χ2v) is 12.9. The van der Waals surface area contributed by atoms with Gasteiger partial charge in [0.15, 0.2) is 0 Å². The van der Waals surface area contributed by atoms with Crippen LogP contribution in [-0.2, 0) is 21.7 Å². The minimum atomic E-state index is 0.0196. The van der Waals surface area contributed by atoms with Crippen molar-refractivity contribution in [2.75, 3.05) is 0 Å². The van der Waals surface area contributed by atoms with Crippen LogP contribution in [-0.4, -0.2) is 0 Å². The maximum atomic E-state index is 3.86. The fraction of sp³-hybridized carbons (Fsp3) is 0.586. The molecule has 0 aromatic heterocycles. The van der Waals surface area contributed by atoms with E-state index in [0.717, 1.165) is 0 Å². The molecule has 0 aliphatic heterocycles. The summed E-state index contributed by atoms with van der Waals surface area (Å²) in [6, 6.07) is 13.3. The van der Waals surface area contributed by atoms with Crippen molar-refractivity contribution in [1.29, 1.82) is 0 Å². The van der Waals surface area contributed by atoms with Crippen molar-refractivity contribution in [2.45, 2.75) is 112 Å². The summed E-state index contributed by atoms with van der Waals surface area (Å²) >= 11 is 0. The standard InChI is InChI=1S/C29H43/c1-19-16-23(28(8,9)10)25(24(17-19)29(11,12)13)21-15-14-20(26(2,3)4)18-22(21)27(5,6)7/h14-17H,1-13H3. The Morgan fingerprint density at radius 2 is 1.03 bits per heavy atom. The highest BCUT2D eigenvalue weighted by molar-refractivity contribution is 5.78. The van der Waals surface area contributed by atoms with Crippen LogP contribution in [0.15, 0.2) is 24.3 Å². The molecule has 0 N–H and O–H groups in total. The van der Waals surface area contributed by atoms with Gasteiger partial charge in [0.05, 0.1) is 0 Å². The topological polar surface area (TPSA) is 0 Å². The van der Waals surface area contributed by atoms with Gasteiger partial charge in [-0.15, -0.1) is 0 Å². The van der Waals surface area contributed by atoms with Gasteiger partial charge in [0.1, 0.15) is 0 Å². The molecular weight excluding hydrogens is 348 g/mol. The molecule has 0 saturated heterocycles. The molecule has 0 aliphatic rings. The molecule has 0 bridgehead atoms. The Kier molecular flexibility index (Phi) is 5.96. The summed E-state index contributed by atoms with van der Waals surface area (Å²) in [5.41, 5.74) is 9.83. The Morgan fingerprint density at radius 3 is 1.38 bits per heavy atom. The summed E-state index contributed by atoms with van der Waals surface area (Å²) < 4.78 is 0. The van der Waals surface area contributed by atoms with Crippen LogP contribution in [0.3, 0.4) is 0 Å². The number of hydrogen-bond acceptors (Lipinski definition) is 0. The third-order valence-corrected chi connectivity index (χ3v) is 5.67. The number of benzene rings is 2. The van der Waals surface area contributed by atoms with Crippen LogP contribution in [0.2, 0.25) is 0 Å². The first-order valence-electron chi connectivity index (χ1n) is 11.1. The molecule has 0 spiro atoms. The van der Waals surface area contributed by atoms with Crippen LogP contribution < -0.4 is 0 Å². The second-order valence-electron chi connectivity index (χ2n) is 12.9. The van der Waals surface area contributed by atoms with E-state index in [0.29, 0.717) is 0 Å². The van der Waals surface area contributed by atoms with E-state index in [1.807, 2.05) is 0 Å². The average molecular weight is 392 g/mol. The van der Waals surface area contributed by atoms with Gasteiger partial charge in [-0.25, -0.2) is 0 Å². The Balaban J connectivity index is 3.04. The van der Waals surface area contributed by atoms with E-state index in [4.69, 9.17) is 0 Å². The third-order valence-electron chi connectivity index (χ3n) is 5.67. The van der Waals surface area contributed by atoms with E-state index in [9.17, 15) is 0 Å². The van der Waals surface area contributed by atoms with Crippen molar-refractivity contribution in [3.8, 4) is 11.1 Å². The fourth-order valence-corrected chi connectivity index (χ4v) is 3.99. The van der Waals surface area contributed by atoms with Gasteiger partial charge in [0.25, 0.3) is 0 Å². The van der Waals surface area contributed by atoms with Gasteiger partial charge in [-0.3, -0.25) is 0 Å². The molecule has 0 aliphatic carbocycles. The van der Waals surface area contributed by atoms with Gasteiger partial charge in [-0.2, -0.15) is 0 Å². The van der Waals surface area contributed by atoms with Gasteiger partial charge in [0, 0.05) is 0 Å². The van der Waals surface area contributed by atoms with Gasteiger partial charge in [-0.05, 0) is 68.0 Å². The molecule has 0 unspecified atom stereocenters. The molecule has 0 amide bonds. The Hall–Kier alpha value is -1.56. The first-order chi connectivity index (χ1) is 12.8. The zero-order chi connectivity index (χ0) is 22.6. The van der Waals surface area contributed by atoms with Crippen molar-refractivity contribution in [3.63, 3.8) is 0 Å². The predicted molar refractivity (Wildman–Crippen MR) is 130 cm³/mol. The van der Waals surface area contributed by atoms with Crippen LogP contribution in [0.4, 0.5) is 0 Å². The van der Waals surface area contributed by atoms with Crippen molar-refractivity contribution in [3.05, 3.63) is 58.1 Å². The van der Waals surface area contributed by atoms with E-state index >= 15 is 0 Å². The molecule has 159 valence electrons. The summed E-state index contributed by atoms with van der Waals surface area (Å²) in [4.78, 5) is 0. The van der Waals surface area contributed by atoms with Gasteiger partial charge < -0.3 is 0 Å². The first kappa shape index (κ1) is 23.7. The summed E-state index contributed by atoms with van der Waals surface area (Å²) in [5, 5.41) is 0. The largest absolute Gasteiger partial charge is 0.0573 e. The molecule has 1 radical (unpaired) electrons. The molecule has 0 nitrogen and oxygen atoms in total. The molecule has 29 heavy (non-hydrogen) atoms. The molecule has 0 heteroatoms. The van der Waals surface area contributed by atoms with E-state index in [2.05, 4.69) is 120 Å². The van der Waals surface area contributed by atoms with Crippen LogP contribution in [0.1, 0.15) is 111 Å². The van der Waals surface area contributed by atoms with Crippen LogP contribution in [0, 0.1) is 13.0 Å². The second kappa shape index (κ2) is 7.29. The quantitative estimate of drug-likeness (QED) is 0.456. The van der Waals surface area contributed by atoms with Crippen molar-refractivity contribution >= 4 is 0 Å². The molecule has 0 fully saturated rings. The fourth-order valence-electron chi connectivity index (χ4n) is 3.99. The predicted octanol–water partition coefficient (Wildman–Crippen LogP) is 8.65. The monoisotopic (exact) mass is 391 g/mol. The lowest BCUT2D eigenvalue weighted by molar-refractivity contribution is 0.561. The summed E-state index contributed by atoms with van der Waals surface area (Å²) in [7, 11) is 0. The first-order valence-corrected chi connectivity index (χ1v) is 11.1. The zero-order valence-corrected chi connectivity index (χ0v) is 21.3. The van der Waals surface area contributed by atoms with E-state index < -0.39 is 0 Å². The van der Waals surface area contributed by atoms with Crippen LogP contribution in [0.5, 0.6) is 0 Å². The molecule has 0 atom stereocenters. The molecule has 2 aromatic carbocycles. The highest BCUT2D eigenvalue weighted by atomic mass is 14.3. The maximum Gasteiger partial charge on any atom is -0.00967 e. The highest BCUT2D eigenvalue weighted by Gasteiger charge is 2.31. The summed E-state index contributed by atoms with van der Waals surface area (Å²) in [6.07, 6.45) is 0. The minimum Gasteiger partial charge on any atom is -0.0573 e.